The fourth-order valence-electron chi connectivity index (χ4n) is 4.67. The van der Waals surface area contributed by atoms with Crippen LogP contribution in [0, 0.1) is 6.92 Å². The van der Waals surface area contributed by atoms with Crippen molar-refractivity contribution >= 4 is 22.4 Å². The van der Waals surface area contributed by atoms with Crippen molar-refractivity contribution in [2.45, 2.75) is 6.92 Å². The van der Waals surface area contributed by atoms with Gasteiger partial charge in [-0.05, 0) is 61.0 Å². The lowest BCUT2D eigenvalue weighted by Crippen LogP contribution is -2.05. The Morgan fingerprint density at radius 2 is 1.51 bits per heavy atom. The molecule has 0 fully saturated rings. The summed E-state index contributed by atoms with van der Waals surface area (Å²) in [7, 11) is 1.67. The monoisotopic (exact) mass is 532 g/mol. The van der Waals surface area contributed by atoms with Crippen LogP contribution >= 0.6 is 11.8 Å². The fraction of sp³-hybridized carbons (Fsp3) is 0.121. The number of methoxy groups -OCH3 is 1. The molecule has 0 unspecified atom stereocenters. The summed E-state index contributed by atoms with van der Waals surface area (Å²) in [4.78, 5) is 5.74. The Morgan fingerprint density at radius 3 is 2.28 bits per heavy atom. The zero-order valence-corrected chi connectivity index (χ0v) is 22.7. The highest BCUT2D eigenvalue weighted by atomic mass is 32.2. The Bertz CT molecular complexity index is 1610. The maximum absolute atomic E-state index is 6.27. The van der Waals surface area contributed by atoms with Crippen LogP contribution in [-0.2, 0) is 4.74 Å². The third-order valence-electron chi connectivity index (χ3n) is 6.58. The number of hydrogen-bond acceptors (Lipinski definition) is 5. The molecular weight excluding hydrogens is 504 g/mol. The molecule has 0 saturated heterocycles. The fourth-order valence-corrected chi connectivity index (χ4v) is 5.66. The van der Waals surface area contributed by atoms with Gasteiger partial charge in [0.1, 0.15) is 23.0 Å². The minimum absolute atomic E-state index is 0.715. The standard InChI is InChI=1S/C33H28N2O3S/c1-23-31(24-11-15-28(36-2)16-12-24)35(22-34-23)27-9-6-10-30(21-27)38-29-17-13-26(14-18-29)33-32(37-19-20-39-33)25-7-4-3-5-8-25/h3-18,21-22H,19-20H2,1-2H3. The third-order valence-corrected chi connectivity index (χ3v) is 7.66. The lowest BCUT2D eigenvalue weighted by atomic mass is 10.1. The summed E-state index contributed by atoms with van der Waals surface area (Å²) in [5.41, 5.74) is 6.26. The third kappa shape index (κ3) is 5.29. The predicted molar refractivity (Wildman–Crippen MR) is 158 cm³/mol. The van der Waals surface area contributed by atoms with Crippen molar-refractivity contribution in [2.75, 3.05) is 19.5 Å². The van der Waals surface area contributed by atoms with Gasteiger partial charge in [-0.25, -0.2) is 4.98 Å². The molecule has 0 bridgehead atoms. The highest BCUT2D eigenvalue weighted by Gasteiger charge is 2.18. The molecule has 1 aliphatic rings. The van der Waals surface area contributed by atoms with Gasteiger partial charge in [-0.2, -0.15) is 0 Å². The molecule has 0 N–H and O–H groups in total. The molecule has 6 rings (SSSR count). The van der Waals surface area contributed by atoms with Gasteiger partial charge in [0.25, 0.3) is 0 Å². The maximum Gasteiger partial charge on any atom is 0.140 e. The van der Waals surface area contributed by atoms with Gasteiger partial charge in [-0.15, -0.1) is 11.8 Å². The van der Waals surface area contributed by atoms with Crippen molar-refractivity contribution < 1.29 is 14.2 Å². The van der Waals surface area contributed by atoms with Crippen molar-refractivity contribution in [1.82, 2.24) is 9.55 Å². The number of thioether (sulfide) groups is 1. The quantitative estimate of drug-likeness (QED) is 0.211. The summed E-state index contributed by atoms with van der Waals surface area (Å²) in [6.07, 6.45) is 1.85. The minimum Gasteiger partial charge on any atom is -0.497 e. The second kappa shape index (κ2) is 11.1. The number of aromatic nitrogens is 2. The highest BCUT2D eigenvalue weighted by Crippen LogP contribution is 2.40. The van der Waals surface area contributed by atoms with Crippen LogP contribution in [0.1, 0.15) is 16.8 Å². The van der Waals surface area contributed by atoms with Crippen LogP contribution in [0.4, 0.5) is 0 Å². The lowest BCUT2D eigenvalue weighted by molar-refractivity contribution is 0.301. The van der Waals surface area contributed by atoms with Crippen LogP contribution in [-0.4, -0.2) is 29.0 Å². The van der Waals surface area contributed by atoms with Crippen LogP contribution in [0.2, 0.25) is 0 Å². The summed E-state index contributed by atoms with van der Waals surface area (Å²) in [6.45, 7) is 2.73. The first kappa shape index (κ1) is 24.9. The van der Waals surface area contributed by atoms with E-state index in [2.05, 4.69) is 52.0 Å². The number of hydrogen-bond donors (Lipinski definition) is 0. The summed E-state index contributed by atoms with van der Waals surface area (Å²) in [6, 6.07) is 34.6. The Morgan fingerprint density at radius 1 is 0.769 bits per heavy atom. The van der Waals surface area contributed by atoms with E-state index < -0.39 is 0 Å². The maximum atomic E-state index is 6.27. The van der Waals surface area contributed by atoms with Gasteiger partial charge in [-0.3, -0.25) is 4.57 Å². The Hall–Kier alpha value is -4.42. The molecule has 0 atom stereocenters. The van der Waals surface area contributed by atoms with Crippen molar-refractivity contribution in [3.8, 4) is 34.2 Å². The molecule has 1 aromatic heterocycles. The zero-order valence-electron chi connectivity index (χ0n) is 21.8. The van der Waals surface area contributed by atoms with E-state index in [0.717, 1.165) is 67.4 Å². The number of nitrogens with zero attached hydrogens (tertiary/aromatic N) is 2. The SMILES string of the molecule is COc1ccc(-c2c(C)ncn2-c2cccc(Oc3ccc(C4=C(c5ccccc5)OCCS4)cc3)c2)cc1. The van der Waals surface area contributed by atoms with Gasteiger partial charge >= 0.3 is 0 Å². The van der Waals surface area contributed by atoms with Crippen LogP contribution in [0.15, 0.2) is 109 Å². The molecule has 0 saturated carbocycles. The van der Waals surface area contributed by atoms with Crippen molar-refractivity contribution in [3.63, 3.8) is 0 Å². The smallest absolute Gasteiger partial charge is 0.140 e. The minimum atomic E-state index is 0.715. The molecule has 2 heterocycles. The van der Waals surface area contributed by atoms with E-state index in [4.69, 9.17) is 14.2 Å². The van der Waals surface area contributed by atoms with Crippen LogP contribution in [0.5, 0.6) is 17.2 Å². The summed E-state index contributed by atoms with van der Waals surface area (Å²) in [5.74, 6) is 4.23. The molecule has 0 spiro atoms. The van der Waals surface area contributed by atoms with Gasteiger partial charge in [0.2, 0.25) is 0 Å². The molecule has 5 nitrogen and oxygen atoms in total. The summed E-state index contributed by atoms with van der Waals surface area (Å²) in [5, 5.41) is 0. The number of aryl methyl sites for hydroxylation is 1. The van der Waals surface area contributed by atoms with E-state index in [1.54, 1.807) is 7.11 Å². The van der Waals surface area contributed by atoms with Crippen molar-refractivity contribution in [1.29, 1.82) is 0 Å². The van der Waals surface area contributed by atoms with Crippen LogP contribution < -0.4 is 9.47 Å². The number of imidazole rings is 1. The van der Waals surface area contributed by atoms with E-state index in [1.807, 2.05) is 85.7 Å². The first-order valence-corrected chi connectivity index (χ1v) is 13.8. The summed E-state index contributed by atoms with van der Waals surface area (Å²) < 4.78 is 19.8. The molecule has 6 heteroatoms. The zero-order chi connectivity index (χ0) is 26.6. The van der Waals surface area contributed by atoms with E-state index in [9.17, 15) is 0 Å². The molecule has 194 valence electrons. The molecule has 0 amide bonds. The van der Waals surface area contributed by atoms with Crippen LogP contribution in [0.25, 0.3) is 27.6 Å². The first-order valence-electron chi connectivity index (χ1n) is 12.8. The Labute approximate surface area is 232 Å². The molecular formula is C33H28N2O3S. The molecule has 0 aliphatic carbocycles. The first-order chi connectivity index (χ1) is 19.2. The predicted octanol–water partition coefficient (Wildman–Crippen LogP) is 8.24. The lowest BCUT2D eigenvalue weighted by Gasteiger charge is -2.21. The van der Waals surface area contributed by atoms with Crippen molar-refractivity contribution in [2.24, 2.45) is 0 Å². The largest absolute Gasteiger partial charge is 0.497 e. The molecule has 4 aromatic carbocycles. The molecule has 0 radical (unpaired) electrons. The van der Waals surface area contributed by atoms with E-state index in [0.29, 0.717) is 6.61 Å². The second-order valence-electron chi connectivity index (χ2n) is 9.12. The normalized spacial score (nSPS) is 13.2. The van der Waals surface area contributed by atoms with Crippen LogP contribution in [0.3, 0.4) is 0 Å². The Balaban J connectivity index is 1.25. The topological polar surface area (TPSA) is 45.5 Å². The van der Waals surface area contributed by atoms with Gasteiger partial charge in [0.05, 0.1) is 42.0 Å². The number of ether oxygens (including phenoxy) is 3. The van der Waals surface area contributed by atoms with E-state index in [1.165, 1.54) is 0 Å². The van der Waals surface area contributed by atoms with Gasteiger partial charge in [0.15, 0.2) is 0 Å². The molecule has 5 aromatic rings. The number of rotatable bonds is 7. The molecule has 1 aliphatic heterocycles. The van der Waals surface area contributed by atoms with Gasteiger partial charge in [-0.1, -0.05) is 48.5 Å². The number of benzene rings is 4. The van der Waals surface area contributed by atoms with E-state index >= 15 is 0 Å². The summed E-state index contributed by atoms with van der Waals surface area (Å²) >= 11 is 1.83. The van der Waals surface area contributed by atoms with Crippen molar-refractivity contribution in [3.05, 3.63) is 126 Å². The van der Waals surface area contributed by atoms with Gasteiger partial charge in [0, 0.05) is 22.9 Å². The second-order valence-corrected chi connectivity index (χ2v) is 10.2. The average Bonchev–Trinajstić information content (AvgIpc) is 3.39. The van der Waals surface area contributed by atoms with Gasteiger partial charge < -0.3 is 14.2 Å². The molecule has 39 heavy (non-hydrogen) atoms. The highest BCUT2D eigenvalue weighted by molar-refractivity contribution is 8.08. The Kier molecular flexibility index (Phi) is 7.11. The van der Waals surface area contributed by atoms with E-state index in [-0.39, 0.29) is 0 Å². The average molecular weight is 533 g/mol.